The van der Waals surface area contributed by atoms with Crippen LogP contribution in [0.5, 0.6) is 0 Å². The van der Waals surface area contributed by atoms with E-state index in [0.29, 0.717) is 34.0 Å². The van der Waals surface area contributed by atoms with E-state index in [9.17, 15) is 8.42 Å². The van der Waals surface area contributed by atoms with Gasteiger partial charge in [0.25, 0.3) is 10.0 Å². The number of thiocarbonyl (C=S) groups is 1. The van der Waals surface area contributed by atoms with Crippen molar-refractivity contribution in [2.24, 2.45) is 17.6 Å². The molecule has 1 aromatic heterocycles. The van der Waals surface area contributed by atoms with Crippen molar-refractivity contribution in [1.29, 1.82) is 0 Å². The molecule has 106 valence electrons. The van der Waals surface area contributed by atoms with Crippen molar-refractivity contribution in [3.05, 3.63) is 17.0 Å². The third kappa shape index (κ3) is 2.99. The fourth-order valence-electron chi connectivity index (χ4n) is 2.23. The Labute approximate surface area is 123 Å². The van der Waals surface area contributed by atoms with Gasteiger partial charge in [-0.15, -0.1) is 11.3 Å². The number of nitrogens with two attached hydrogens (primary N) is 1. The molecule has 1 unspecified atom stereocenters. The first-order chi connectivity index (χ1) is 8.82. The van der Waals surface area contributed by atoms with Crippen molar-refractivity contribution in [1.82, 2.24) is 4.31 Å². The van der Waals surface area contributed by atoms with Gasteiger partial charge in [0.1, 0.15) is 9.20 Å². The lowest BCUT2D eigenvalue weighted by atomic mass is 9.96. The van der Waals surface area contributed by atoms with Crippen LogP contribution < -0.4 is 5.73 Å². The first kappa shape index (κ1) is 14.9. The maximum atomic E-state index is 12.5. The van der Waals surface area contributed by atoms with Crippen molar-refractivity contribution in [3.63, 3.8) is 0 Å². The summed E-state index contributed by atoms with van der Waals surface area (Å²) < 4.78 is 26.9. The zero-order valence-corrected chi connectivity index (χ0v) is 13.4. The highest BCUT2D eigenvalue weighted by Gasteiger charge is 2.34. The summed E-state index contributed by atoms with van der Waals surface area (Å²) >= 11 is 6.01. The number of sulfonamides is 1. The Morgan fingerprint density at radius 3 is 2.68 bits per heavy atom. The summed E-state index contributed by atoms with van der Waals surface area (Å²) in [5.41, 5.74) is 5.52. The number of nitrogens with zero attached hydrogens (tertiary/aromatic N) is 1. The predicted octanol–water partition coefficient (Wildman–Crippen LogP) is 2.05. The smallest absolute Gasteiger partial charge is 0.252 e. The second-order valence-electron chi connectivity index (χ2n) is 5.14. The summed E-state index contributed by atoms with van der Waals surface area (Å²) in [5.74, 6) is 0.959. The van der Waals surface area contributed by atoms with Gasteiger partial charge in [-0.05, 0) is 30.4 Å². The Balaban J connectivity index is 2.21. The van der Waals surface area contributed by atoms with Gasteiger partial charge in [-0.1, -0.05) is 26.1 Å². The molecule has 0 amide bonds. The molecule has 0 spiro atoms. The van der Waals surface area contributed by atoms with E-state index in [1.807, 2.05) is 0 Å². The van der Waals surface area contributed by atoms with E-state index in [0.717, 1.165) is 17.8 Å². The maximum Gasteiger partial charge on any atom is 0.252 e. The summed E-state index contributed by atoms with van der Waals surface area (Å²) in [5, 5.41) is 0. The molecule has 0 radical (unpaired) electrons. The fourth-order valence-corrected chi connectivity index (χ4v) is 5.25. The van der Waals surface area contributed by atoms with Crippen LogP contribution in [0.25, 0.3) is 0 Å². The largest absolute Gasteiger partial charge is 0.389 e. The van der Waals surface area contributed by atoms with Crippen LogP contribution in [-0.4, -0.2) is 30.8 Å². The van der Waals surface area contributed by atoms with E-state index in [-0.39, 0.29) is 4.99 Å². The number of thiophene rings is 1. The van der Waals surface area contributed by atoms with Gasteiger partial charge in [-0.3, -0.25) is 0 Å². The molecule has 1 aliphatic rings. The van der Waals surface area contributed by atoms with Crippen LogP contribution in [0.4, 0.5) is 0 Å². The fraction of sp³-hybridized carbons (Fsp3) is 0.583. The molecule has 1 aliphatic heterocycles. The van der Waals surface area contributed by atoms with E-state index in [4.69, 9.17) is 18.0 Å². The molecule has 7 heteroatoms. The van der Waals surface area contributed by atoms with Crippen LogP contribution in [0.2, 0.25) is 0 Å². The SMILES string of the molecule is CC(C)C1CCN(S(=O)(=O)c2ccc(C(N)=S)s2)C1. The van der Waals surface area contributed by atoms with Crippen molar-refractivity contribution in [2.75, 3.05) is 13.1 Å². The third-order valence-electron chi connectivity index (χ3n) is 3.55. The molecule has 2 heterocycles. The standard InChI is InChI=1S/C12H18N2O2S3/c1-8(2)9-5-6-14(7-9)19(15,16)11-4-3-10(18-11)12(13)17/h3-4,8-9H,5-7H2,1-2H3,(H2,13,17). The van der Waals surface area contributed by atoms with Crippen LogP contribution in [0, 0.1) is 11.8 Å². The molecule has 0 saturated carbocycles. The van der Waals surface area contributed by atoms with Gasteiger partial charge in [0, 0.05) is 13.1 Å². The predicted molar refractivity (Wildman–Crippen MR) is 81.9 cm³/mol. The number of hydrogen-bond acceptors (Lipinski definition) is 4. The molecule has 1 atom stereocenters. The molecule has 4 nitrogen and oxygen atoms in total. The first-order valence-corrected chi connectivity index (χ1v) is 8.88. The average Bonchev–Trinajstić information content (AvgIpc) is 2.99. The zero-order chi connectivity index (χ0) is 14.2. The maximum absolute atomic E-state index is 12.5. The Bertz CT molecular complexity index is 578. The summed E-state index contributed by atoms with van der Waals surface area (Å²) in [4.78, 5) is 0.890. The summed E-state index contributed by atoms with van der Waals surface area (Å²) in [6.45, 7) is 5.49. The lowest BCUT2D eigenvalue weighted by Gasteiger charge is -2.17. The van der Waals surface area contributed by atoms with Crippen molar-refractivity contribution in [2.45, 2.75) is 24.5 Å². The van der Waals surface area contributed by atoms with E-state index >= 15 is 0 Å². The van der Waals surface area contributed by atoms with Crippen LogP contribution in [0.3, 0.4) is 0 Å². The molecule has 1 saturated heterocycles. The van der Waals surface area contributed by atoms with Crippen molar-refractivity contribution in [3.8, 4) is 0 Å². The molecule has 1 fully saturated rings. The molecule has 2 N–H and O–H groups in total. The third-order valence-corrected chi connectivity index (χ3v) is 7.35. The highest BCUT2D eigenvalue weighted by atomic mass is 32.2. The molecular formula is C12H18N2O2S3. The van der Waals surface area contributed by atoms with Crippen molar-refractivity contribution < 1.29 is 8.42 Å². The van der Waals surface area contributed by atoms with Crippen LogP contribution in [0.1, 0.15) is 25.1 Å². The monoisotopic (exact) mass is 318 g/mol. The summed E-state index contributed by atoms with van der Waals surface area (Å²) in [6, 6.07) is 3.27. The molecule has 1 aromatic rings. The van der Waals surface area contributed by atoms with Gasteiger partial charge in [0.15, 0.2) is 0 Å². The highest BCUT2D eigenvalue weighted by Crippen LogP contribution is 2.31. The lowest BCUT2D eigenvalue weighted by Crippen LogP contribution is -2.28. The van der Waals surface area contributed by atoms with Crippen molar-refractivity contribution >= 4 is 38.6 Å². The van der Waals surface area contributed by atoms with Gasteiger partial charge in [-0.25, -0.2) is 8.42 Å². The van der Waals surface area contributed by atoms with Crippen LogP contribution in [0.15, 0.2) is 16.3 Å². The summed E-state index contributed by atoms with van der Waals surface area (Å²) in [7, 11) is -3.38. The number of hydrogen-bond donors (Lipinski definition) is 1. The normalized spacial score (nSPS) is 21.1. The Kier molecular flexibility index (Phi) is 4.29. The minimum absolute atomic E-state index is 0.243. The van der Waals surface area contributed by atoms with Crippen LogP contribution in [-0.2, 0) is 10.0 Å². The first-order valence-electron chi connectivity index (χ1n) is 6.22. The second-order valence-corrected chi connectivity index (χ2v) is 8.83. The minimum Gasteiger partial charge on any atom is -0.389 e. The van der Waals surface area contributed by atoms with E-state index < -0.39 is 10.0 Å². The van der Waals surface area contributed by atoms with Gasteiger partial charge in [0.05, 0.1) is 4.88 Å². The number of rotatable bonds is 4. The van der Waals surface area contributed by atoms with E-state index in [1.54, 1.807) is 16.4 Å². The molecule has 2 rings (SSSR count). The quantitative estimate of drug-likeness (QED) is 0.863. The molecule has 19 heavy (non-hydrogen) atoms. The average molecular weight is 318 g/mol. The van der Waals surface area contributed by atoms with Crippen LogP contribution >= 0.6 is 23.6 Å². The second kappa shape index (κ2) is 5.47. The zero-order valence-electron chi connectivity index (χ0n) is 11.0. The Morgan fingerprint density at radius 2 is 2.21 bits per heavy atom. The van der Waals surface area contributed by atoms with Gasteiger partial charge < -0.3 is 5.73 Å². The Morgan fingerprint density at radius 1 is 1.53 bits per heavy atom. The molecular weight excluding hydrogens is 300 g/mol. The summed E-state index contributed by atoms with van der Waals surface area (Å²) in [6.07, 6.45) is 0.935. The van der Waals surface area contributed by atoms with Gasteiger partial charge >= 0.3 is 0 Å². The van der Waals surface area contributed by atoms with E-state index in [2.05, 4.69) is 13.8 Å². The van der Waals surface area contributed by atoms with Gasteiger partial charge in [-0.2, -0.15) is 4.31 Å². The molecule has 0 aromatic carbocycles. The lowest BCUT2D eigenvalue weighted by molar-refractivity contribution is 0.389. The molecule has 0 bridgehead atoms. The Hall–Kier alpha value is -0.500. The molecule has 0 aliphatic carbocycles. The topological polar surface area (TPSA) is 63.4 Å². The highest BCUT2D eigenvalue weighted by molar-refractivity contribution is 7.91. The van der Waals surface area contributed by atoms with Gasteiger partial charge in [0.2, 0.25) is 0 Å². The van der Waals surface area contributed by atoms with E-state index in [1.165, 1.54) is 0 Å². The minimum atomic E-state index is -3.38.